The van der Waals surface area contributed by atoms with Gasteiger partial charge in [0.05, 0.1) is 0 Å². The van der Waals surface area contributed by atoms with Gasteiger partial charge in [0.1, 0.15) is 6.04 Å². The van der Waals surface area contributed by atoms with Gasteiger partial charge >= 0.3 is 12.0 Å². The number of likely N-dealkylation sites (tertiary alicyclic amines) is 2. The Morgan fingerprint density at radius 1 is 1.05 bits per heavy atom. The monoisotopic (exact) mass is 296 g/mol. The molecule has 2 aliphatic heterocycles. The number of piperidine rings is 2. The highest BCUT2D eigenvalue weighted by Gasteiger charge is 2.41. The summed E-state index contributed by atoms with van der Waals surface area (Å²) in [6.07, 6.45) is 2.90. The van der Waals surface area contributed by atoms with Crippen molar-refractivity contribution in [1.29, 1.82) is 0 Å². The first-order chi connectivity index (χ1) is 9.82. The molecule has 120 valence electrons. The number of urea groups is 1. The van der Waals surface area contributed by atoms with Crippen LogP contribution in [0.3, 0.4) is 0 Å². The number of hydrogen-bond acceptors (Lipinski definition) is 2. The summed E-state index contributed by atoms with van der Waals surface area (Å²) in [5.41, 5.74) is 0. The molecule has 2 fully saturated rings. The van der Waals surface area contributed by atoms with Gasteiger partial charge in [-0.05, 0) is 43.9 Å². The Morgan fingerprint density at radius 3 is 2.33 bits per heavy atom. The van der Waals surface area contributed by atoms with Gasteiger partial charge in [0, 0.05) is 19.1 Å². The number of hydrogen-bond donors (Lipinski definition) is 1. The number of carbonyl (C=O) groups excluding carboxylic acids is 1. The van der Waals surface area contributed by atoms with Crippen molar-refractivity contribution in [1.82, 2.24) is 9.80 Å². The van der Waals surface area contributed by atoms with E-state index < -0.39 is 12.0 Å². The van der Waals surface area contributed by atoms with Gasteiger partial charge in [-0.25, -0.2) is 9.59 Å². The molecule has 0 saturated carbocycles. The molecule has 0 aromatic heterocycles. The van der Waals surface area contributed by atoms with E-state index >= 15 is 0 Å². The topological polar surface area (TPSA) is 60.9 Å². The SMILES string of the molecule is CC1CC(C)C(C)N(C(=O)N2CCCC(C)C2C(=O)O)C1. The second kappa shape index (κ2) is 6.24. The van der Waals surface area contributed by atoms with Crippen LogP contribution in [0.5, 0.6) is 0 Å². The summed E-state index contributed by atoms with van der Waals surface area (Å²) in [6.45, 7) is 9.65. The third kappa shape index (κ3) is 3.16. The molecule has 5 atom stereocenters. The summed E-state index contributed by atoms with van der Waals surface area (Å²) < 4.78 is 0. The first-order valence-electron chi connectivity index (χ1n) is 8.13. The Bertz CT molecular complexity index is 412. The second-order valence-electron chi connectivity index (χ2n) is 7.09. The van der Waals surface area contributed by atoms with Gasteiger partial charge in [0.15, 0.2) is 0 Å². The molecule has 2 aliphatic rings. The molecule has 0 aliphatic carbocycles. The Balaban J connectivity index is 2.18. The van der Waals surface area contributed by atoms with Crippen molar-refractivity contribution in [2.24, 2.45) is 17.8 Å². The molecule has 21 heavy (non-hydrogen) atoms. The molecule has 2 amide bonds. The maximum absolute atomic E-state index is 12.9. The van der Waals surface area contributed by atoms with E-state index in [1.54, 1.807) is 4.90 Å². The molecule has 2 heterocycles. The number of rotatable bonds is 1. The van der Waals surface area contributed by atoms with Crippen molar-refractivity contribution < 1.29 is 14.7 Å². The van der Waals surface area contributed by atoms with E-state index in [0.29, 0.717) is 18.4 Å². The van der Waals surface area contributed by atoms with Gasteiger partial charge in [-0.1, -0.05) is 20.8 Å². The minimum absolute atomic E-state index is 0.0233. The van der Waals surface area contributed by atoms with E-state index in [9.17, 15) is 14.7 Å². The van der Waals surface area contributed by atoms with Crippen molar-refractivity contribution in [3.05, 3.63) is 0 Å². The highest BCUT2D eigenvalue weighted by atomic mass is 16.4. The fourth-order valence-electron chi connectivity index (χ4n) is 3.91. The molecule has 5 heteroatoms. The minimum atomic E-state index is -0.874. The number of amides is 2. The molecule has 0 radical (unpaired) electrons. The molecule has 0 spiro atoms. The molecular formula is C16H28N2O3. The molecule has 5 nitrogen and oxygen atoms in total. The normalized spacial score (nSPS) is 37.4. The van der Waals surface area contributed by atoms with E-state index in [1.807, 2.05) is 11.8 Å². The van der Waals surface area contributed by atoms with Gasteiger partial charge in [0.25, 0.3) is 0 Å². The lowest BCUT2D eigenvalue weighted by atomic mass is 9.86. The maximum atomic E-state index is 12.9. The average molecular weight is 296 g/mol. The second-order valence-corrected chi connectivity index (χ2v) is 7.09. The van der Waals surface area contributed by atoms with Crippen LogP contribution >= 0.6 is 0 Å². The van der Waals surface area contributed by atoms with Crippen LogP contribution in [0.2, 0.25) is 0 Å². The van der Waals surface area contributed by atoms with Gasteiger partial charge in [-0.2, -0.15) is 0 Å². The lowest BCUT2D eigenvalue weighted by Crippen LogP contribution is -2.60. The highest BCUT2D eigenvalue weighted by Crippen LogP contribution is 2.30. The Labute approximate surface area is 127 Å². The molecule has 1 N–H and O–H groups in total. The van der Waals surface area contributed by atoms with Crippen LogP contribution in [-0.4, -0.2) is 52.1 Å². The fraction of sp³-hybridized carbons (Fsp3) is 0.875. The predicted octanol–water partition coefficient (Wildman–Crippen LogP) is 2.66. The van der Waals surface area contributed by atoms with Crippen LogP contribution in [0.25, 0.3) is 0 Å². The van der Waals surface area contributed by atoms with Crippen LogP contribution in [-0.2, 0) is 4.79 Å². The van der Waals surface area contributed by atoms with Crippen LogP contribution in [0, 0.1) is 17.8 Å². The number of aliphatic carboxylic acids is 1. The molecule has 0 aromatic carbocycles. The third-order valence-corrected chi connectivity index (χ3v) is 5.28. The van der Waals surface area contributed by atoms with Crippen molar-refractivity contribution in [3.8, 4) is 0 Å². The van der Waals surface area contributed by atoms with E-state index in [-0.39, 0.29) is 18.0 Å². The molecule has 0 bridgehead atoms. The summed E-state index contributed by atoms with van der Waals surface area (Å²) in [4.78, 5) is 28.0. The van der Waals surface area contributed by atoms with Gasteiger partial charge in [0.2, 0.25) is 0 Å². The third-order valence-electron chi connectivity index (χ3n) is 5.28. The van der Waals surface area contributed by atoms with Crippen LogP contribution in [0.15, 0.2) is 0 Å². The average Bonchev–Trinajstić information content (AvgIpc) is 2.41. The molecule has 2 rings (SSSR count). The fourth-order valence-corrected chi connectivity index (χ4v) is 3.91. The molecular weight excluding hydrogens is 268 g/mol. The lowest BCUT2D eigenvalue weighted by molar-refractivity contribution is -0.145. The maximum Gasteiger partial charge on any atom is 0.326 e. The number of carboxylic acids is 1. The van der Waals surface area contributed by atoms with E-state index in [0.717, 1.165) is 25.8 Å². The first kappa shape index (κ1) is 16.1. The zero-order valence-corrected chi connectivity index (χ0v) is 13.6. The molecule has 0 aromatic rings. The quantitative estimate of drug-likeness (QED) is 0.809. The molecule has 2 saturated heterocycles. The van der Waals surface area contributed by atoms with Gasteiger partial charge in [-0.3, -0.25) is 0 Å². The van der Waals surface area contributed by atoms with Gasteiger partial charge < -0.3 is 14.9 Å². The summed E-state index contributed by atoms with van der Waals surface area (Å²) in [5, 5.41) is 9.48. The zero-order chi connectivity index (χ0) is 15.7. The van der Waals surface area contributed by atoms with Gasteiger partial charge in [-0.15, -0.1) is 0 Å². The van der Waals surface area contributed by atoms with Crippen LogP contribution in [0.1, 0.15) is 47.0 Å². The van der Waals surface area contributed by atoms with Crippen molar-refractivity contribution >= 4 is 12.0 Å². The Morgan fingerprint density at radius 2 is 1.71 bits per heavy atom. The summed E-state index contributed by atoms with van der Waals surface area (Å²) in [7, 11) is 0. The summed E-state index contributed by atoms with van der Waals surface area (Å²) >= 11 is 0. The van der Waals surface area contributed by atoms with Crippen molar-refractivity contribution in [2.75, 3.05) is 13.1 Å². The van der Waals surface area contributed by atoms with E-state index in [2.05, 4.69) is 20.8 Å². The number of carboxylic acid groups (broad SMARTS) is 1. The largest absolute Gasteiger partial charge is 0.480 e. The smallest absolute Gasteiger partial charge is 0.326 e. The van der Waals surface area contributed by atoms with Crippen molar-refractivity contribution in [2.45, 2.75) is 59.0 Å². The summed E-state index contributed by atoms with van der Waals surface area (Å²) in [5.74, 6) is 0.0882. The standard InChI is InChI=1S/C16H28N2O3/c1-10-8-12(3)13(4)18(9-10)16(21)17-7-5-6-11(2)14(17)15(19)20/h10-14H,5-9H2,1-4H3,(H,19,20). The molecule has 5 unspecified atom stereocenters. The zero-order valence-electron chi connectivity index (χ0n) is 13.6. The van der Waals surface area contributed by atoms with Crippen molar-refractivity contribution in [3.63, 3.8) is 0 Å². The Hall–Kier alpha value is -1.26. The highest BCUT2D eigenvalue weighted by molar-refractivity contribution is 5.83. The van der Waals surface area contributed by atoms with E-state index in [1.165, 1.54) is 0 Å². The number of carbonyl (C=O) groups is 2. The first-order valence-corrected chi connectivity index (χ1v) is 8.13. The minimum Gasteiger partial charge on any atom is -0.480 e. The number of nitrogens with zero attached hydrogens (tertiary/aromatic N) is 2. The Kier molecular flexibility index (Phi) is 4.79. The van der Waals surface area contributed by atoms with Crippen LogP contribution < -0.4 is 0 Å². The van der Waals surface area contributed by atoms with E-state index in [4.69, 9.17) is 0 Å². The lowest BCUT2D eigenvalue weighted by Gasteiger charge is -2.46. The summed E-state index contributed by atoms with van der Waals surface area (Å²) in [6, 6.07) is -0.578. The predicted molar refractivity (Wildman–Crippen MR) is 81.0 cm³/mol. The van der Waals surface area contributed by atoms with Crippen LogP contribution in [0.4, 0.5) is 4.79 Å².